The molecule has 0 atom stereocenters. The Labute approximate surface area is 644 Å². The van der Waals surface area contributed by atoms with E-state index in [1.807, 2.05) is 12.1 Å². The molecule has 4 aromatic rings. The summed E-state index contributed by atoms with van der Waals surface area (Å²) in [7, 11) is 11.0. The Balaban J connectivity index is 0. The van der Waals surface area contributed by atoms with Gasteiger partial charge in [0.2, 0.25) is 17.1 Å². The highest BCUT2D eigenvalue weighted by molar-refractivity contribution is 14.1. The number of ether oxygens (including phenoxy) is 8. The van der Waals surface area contributed by atoms with Gasteiger partial charge in [-0.25, -0.2) is 28.8 Å². The SMILES string of the molecule is C.C.C=CC(=O)O.COC(=O)c1cc(/C=C/C(=O)Cl)ccc1OC.COC(=O)c1cc(/C=C/C(=O)N2CCC=C(Br)C2=O)ccc1OC.COC(=O)c1cc(/C=C/C(=O)O)ccc1OC.COC(=O)c1cc(I)ccc1OC.O=C1CCCCN1.O=C1NCCC=C1Br.O=C1NCCCC1(Br)Br. The molecule has 0 radical (unpaired) electrons. The summed E-state index contributed by atoms with van der Waals surface area (Å²) in [6.07, 6.45) is 18.8. The zero-order chi connectivity index (χ0) is 75.5. The minimum Gasteiger partial charge on any atom is -0.496 e. The van der Waals surface area contributed by atoms with E-state index in [0.717, 1.165) is 78.8 Å². The summed E-state index contributed by atoms with van der Waals surface area (Å²) in [5.74, 6) is -2.82. The van der Waals surface area contributed by atoms with Gasteiger partial charge in [0, 0.05) is 54.4 Å². The van der Waals surface area contributed by atoms with Gasteiger partial charge in [-0.3, -0.25) is 33.7 Å². The Bertz CT molecular complexity index is 3610. The van der Waals surface area contributed by atoms with Crippen molar-refractivity contribution in [1.82, 2.24) is 20.9 Å². The van der Waals surface area contributed by atoms with Gasteiger partial charge in [0.25, 0.3) is 17.7 Å². The molecule has 0 bridgehead atoms. The van der Waals surface area contributed by atoms with Gasteiger partial charge >= 0.3 is 35.8 Å². The molecule has 4 aromatic carbocycles. The van der Waals surface area contributed by atoms with Crippen LogP contribution < -0.4 is 34.9 Å². The van der Waals surface area contributed by atoms with Crippen LogP contribution in [-0.2, 0) is 57.3 Å². The first-order valence-corrected chi connectivity index (χ1v) is 33.9. The van der Waals surface area contributed by atoms with Crippen molar-refractivity contribution in [2.45, 2.75) is 63.0 Å². The average Bonchev–Trinajstić information content (AvgIpc) is 0.863. The molecule has 2 fully saturated rings. The molecule has 0 unspecified atom stereocenters. The molecule has 26 nitrogen and oxygen atoms in total. The maximum atomic E-state index is 12.2. The quantitative estimate of drug-likeness (QED) is 0.0184. The highest BCUT2D eigenvalue weighted by atomic mass is 127. The third kappa shape index (κ3) is 36.4. The summed E-state index contributed by atoms with van der Waals surface area (Å²) in [6.45, 7) is 5.76. The van der Waals surface area contributed by atoms with Crippen molar-refractivity contribution in [3.8, 4) is 23.0 Å². The standard InChI is InChI=1S/C17H16BrNO5.C12H11ClO4.C12H12O5.C9H9IO3.C5H7Br2NO.C5H6BrNO.C5H9NO.C3H4O2.2CH4/c1-23-14-7-5-11(10-12(14)17(22)24-2)6-8-15(20)19-9-3-4-13(18)16(19)21;2*1-16-10-5-3-8(4-6-11(13)14)7-9(10)12(15)17-2;1-12-8-4-3-6(10)5-7(8)9(11)13-2;6-5(7)2-1-3-8-4(5)9;6-4-2-1-3-7-5(4)8;7-5-3-1-2-4-6-5;1-2-3(4)5;;/h4-8,10H,3,9H2,1-2H3;3-7H,1-2H3;3-7H,1-2H3,(H,13,14);3-5H,1-2H3;1-3H2,(H,8,9);2H,1,3H2,(H,7,8);1-4H2,(H,6,7);2H,1H2,(H,4,5);2*1H4/b8-6+;2*6-4+;;;;;;;. The van der Waals surface area contributed by atoms with E-state index in [1.54, 1.807) is 66.7 Å². The lowest BCUT2D eigenvalue weighted by atomic mass is 10.1. The number of carboxylic acid groups (broad SMARTS) is 2. The first-order valence-electron chi connectivity index (χ1n) is 29.2. The van der Waals surface area contributed by atoms with Crippen LogP contribution in [0, 0.1) is 3.57 Å². The average molecular weight is 1810 g/mol. The molecule has 8 rings (SSSR count). The van der Waals surface area contributed by atoms with Crippen molar-refractivity contribution in [2.24, 2.45) is 0 Å². The maximum Gasteiger partial charge on any atom is 0.341 e. The number of carbonyl (C=O) groups excluding carboxylic acids is 10. The van der Waals surface area contributed by atoms with E-state index in [0.29, 0.717) is 72.7 Å². The number of aliphatic carboxylic acids is 2. The molecular formula is C70H82Br4ClIN4O22. The number of halogens is 6. The molecular weight excluding hydrogens is 1730 g/mol. The molecule has 5 N–H and O–H groups in total. The van der Waals surface area contributed by atoms with E-state index >= 15 is 0 Å². The lowest BCUT2D eigenvalue weighted by Gasteiger charge is -2.24. The van der Waals surface area contributed by atoms with Crippen LogP contribution in [0.4, 0.5) is 0 Å². The number of nitrogens with one attached hydrogen (secondary N) is 3. The molecule has 0 aromatic heterocycles. The van der Waals surface area contributed by atoms with Gasteiger partial charge in [0.05, 0.1) is 65.8 Å². The van der Waals surface area contributed by atoms with Crippen molar-refractivity contribution in [3.63, 3.8) is 0 Å². The molecule has 0 saturated carbocycles. The van der Waals surface area contributed by atoms with Gasteiger partial charge in [-0.2, -0.15) is 0 Å². The minimum absolute atomic E-state index is 0. The fourth-order valence-corrected chi connectivity index (χ4v) is 9.93. The lowest BCUT2D eigenvalue weighted by Crippen LogP contribution is -2.42. The summed E-state index contributed by atoms with van der Waals surface area (Å²) >= 11 is 20.1. The Hall–Kier alpha value is -8.50. The molecule has 4 heterocycles. The summed E-state index contributed by atoms with van der Waals surface area (Å²) in [5, 5.41) is 23.7. The van der Waals surface area contributed by atoms with Crippen molar-refractivity contribution in [3.05, 3.63) is 167 Å². The molecule has 0 aliphatic carbocycles. The van der Waals surface area contributed by atoms with E-state index < -0.39 is 44.2 Å². The first-order chi connectivity index (χ1) is 47.4. The van der Waals surface area contributed by atoms with Gasteiger partial charge in [-0.1, -0.05) is 89.7 Å². The predicted octanol–water partition coefficient (Wildman–Crippen LogP) is 12.4. The number of piperidine rings is 2. The maximum absolute atomic E-state index is 12.2. The molecule has 2 saturated heterocycles. The highest BCUT2D eigenvalue weighted by Gasteiger charge is 2.34. The number of esters is 4. The molecule has 5 amide bonds. The zero-order valence-electron chi connectivity index (χ0n) is 55.4. The number of amides is 5. The summed E-state index contributed by atoms with van der Waals surface area (Å²) < 4.78 is 40.2. The molecule has 0 spiro atoms. The van der Waals surface area contributed by atoms with Crippen LogP contribution >= 0.6 is 97.9 Å². The Morgan fingerprint density at radius 1 is 0.549 bits per heavy atom. The lowest BCUT2D eigenvalue weighted by molar-refractivity contribution is -0.139. The van der Waals surface area contributed by atoms with Crippen molar-refractivity contribution < 1.29 is 106 Å². The van der Waals surface area contributed by atoms with Crippen LogP contribution in [-0.4, -0.2) is 172 Å². The molecule has 4 aliphatic rings. The zero-order valence-corrected chi connectivity index (χ0v) is 64.6. The monoisotopic (exact) mass is 1810 g/mol. The van der Waals surface area contributed by atoms with Crippen LogP contribution in [0.25, 0.3) is 18.2 Å². The number of carbonyl (C=O) groups is 12. The van der Waals surface area contributed by atoms with Crippen LogP contribution in [0.2, 0.25) is 0 Å². The fourth-order valence-electron chi connectivity index (χ4n) is 7.72. The Morgan fingerprint density at radius 2 is 0.961 bits per heavy atom. The summed E-state index contributed by atoms with van der Waals surface area (Å²) in [5.41, 5.74) is 3.10. The van der Waals surface area contributed by atoms with Gasteiger partial charge in [-0.15, -0.1) is 0 Å². The predicted molar refractivity (Wildman–Crippen MR) is 410 cm³/mol. The largest absolute Gasteiger partial charge is 0.496 e. The van der Waals surface area contributed by atoms with Crippen molar-refractivity contribution in [1.29, 1.82) is 0 Å². The van der Waals surface area contributed by atoms with Gasteiger partial charge in [0.1, 0.15) is 45.3 Å². The van der Waals surface area contributed by atoms with E-state index in [2.05, 4.69) is 123 Å². The molecule has 32 heteroatoms. The smallest absolute Gasteiger partial charge is 0.341 e. The number of carboxylic acids is 2. The second-order valence-corrected chi connectivity index (χ2v) is 26.6. The van der Waals surface area contributed by atoms with E-state index in [1.165, 1.54) is 93.3 Å². The number of methoxy groups -OCH3 is 8. The number of benzene rings is 4. The summed E-state index contributed by atoms with van der Waals surface area (Å²) in [6, 6.07) is 19.8. The summed E-state index contributed by atoms with van der Waals surface area (Å²) in [4.78, 5) is 133. The number of hydrogen-bond acceptors (Lipinski definition) is 20. The van der Waals surface area contributed by atoms with Crippen LogP contribution in [0.15, 0.2) is 125 Å². The highest BCUT2D eigenvalue weighted by Crippen LogP contribution is 2.34. The third-order valence-corrected chi connectivity index (χ3v) is 16.3. The van der Waals surface area contributed by atoms with Crippen LogP contribution in [0.1, 0.15) is 118 Å². The second kappa shape index (κ2) is 52.5. The van der Waals surface area contributed by atoms with Crippen LogP contribution in [0.3, 0.4) is 0 Å². The van der Waals surface area contributed by atoms with Crippen LogP contribution in [0.5, 0.6) is 23.0 Å². The fraction of sp³-hybridized carbons (Fsp3) is 0.314. The van der Waals surface area contributed by atoms with E-state index in [4.69, 9.17) is 45.5 Å². The molecule has 102 heavy (non-hydrogen) atoms. The van der Waals surface area contributed by atoms with Gasteiger partial charge in [0.15, 0.2) is 3.23 Å². The number of hydrogen-bond donors (Lipinski definition) is 5. The Morgan fingerprint density at radius 3 is 1.28 bits per heavy atom. The first kappa shape index (κ1) is 95.6. The van der Waals surface area contributed by atoms with Gasteiger partial charge < -0.3 is 64.1 Å². The topological polar surface area (TPSA) is 358 Å². The normalized spacial score (nSPS) is 13.6. The van der Waals surface area contributed by atoms with Gasteiger partial charge in [-0.05, 0) is 194 Å². The number of nitrogens with zero attached hydrogens (tertiary/aromatic N) is 1. The number of allylic oxidation sites excluding steroid dienone is 1. The number of imide groups is 1. The van der Waals surface area contributed by atoms with E-state index in [-0.39, 0.29) is 55.6 Å². The van der Waals surface area contributed by atoms with Crippen molar-refractivity contribution in [2.75, 3.05) is 83.1 Å². The van der Waals surface area contributed by atoms with E-state index in [9.17, 15) is 57.5 Å². The minimum atomic E-state index is -1.06. The molecule has 4 aliphatic heterocycles. The molecule has 556 valence electrons. The second-order valence-electron chi connectivity index (χ2n) is 19.5. The van der Waals surface area contributed by atoms with Crippen molar-refractivity contribution >= 4 is 187 Å². The number of rotatable bonds is 15. The number of alkyl halides is 2. The third-order valence-electron chi connectivity index (χ3n) is 12.7. The Kier molecular flexibility index (Phi) is 49.1.